The molecular formula is C18H28BrNO. The summed E-state index contributed by atoms with van der Waals surface area (Å²) >= 11 is 3.61. The van der Waals surface area contributed by atoms with E-state index < -0.39 is 0 Å². The van der Waals surface area contributed by atoms with Gasteiger partial charge in [0, 0.05) is 22.1 Å². The Kier molecular flexibility index (Phi) is 5.73. The Morgan fingerprint density at radius 3 is 2.48 bits per heavy atom. The molecule has 0 aromatic heterocycles. The summed E-state index contributed by atoms with van der Waals surface area (Å²) in [5.41, 5.74) is 2.58. The first-order valence-corrected chi connectivity index (χ1v) is 8.85. The van der Waals surface area contributed by atoms with Gasteiger partial charge >= 0.3 is 0 Å². The largest absolute Gasteiger partial charge is 0.490 e. The summed E-state index contributed by atoms with van der Waals surface area (Å²) in [6.07, 6.45) is 6.75. The van der Waals surface area contributed by atoms with Crippen molar-refractivity contribution in [3.63, 3.8) is 0 Å². The number of ether oxygens (including phenoxy) is 1. The fourth-order valence-electron chi connectivity index (χ4n) is 2.81. The van der Waals surface area contributed by atoms with Gasteiger partial charge in [0.15, 0.2) is 0 Å². The number of hydrogen-bond donors (Lipinski definition) is 1. The topological polar surface area (TPSA) is 21.3 Å². The van der Waals surface area contributed by atoms with E-state index in [4.69, 9.17) is 4.74 Å². The monoisotopic (exact) mass is 353 g/mol. The first-order valence-electron chi connectivity index (χ1n) is 8.06. The summed E-state index contributed by atoms with van der Waals surface area (Å²) in [5, 5.41) is 3.57. The minimum absolute atomic E-state index is 0.109. The van der Waals surface area contributed by atoms with Gasteiger partial charge in [-0.3, -0.25) is 0 Å². The van der Waals surface area contributed by atoms with Crippen molar-refractivity contribution in [3.8, 4) is 5.75 Å². The average molecular weight is 354 g/mol. The van der Waals surface area contributed by atoms with Crippen LogP contribution < -0.4 is 10.1 Å². The van der Waals surface area contributed by atoms with Crippen LogP contribution in [-0.4, -0.2) is 11.6 Å². The SMILES string of the molecule is Cc1cc(Br)cc(CNC(C)(C)C)c1OC1CCCCC1. The molecule has 0 bridgehead atoms. The van der Waals surface area contributed by atoms with Crippen molar-refractivity contribution in [2.24, 2.45) is 0 Å². The van der Waals surface area contributed by atoms with Crippen LogP contribution in [0.15, 0.2) is 16.6 Å². The van der Waals surface area contributed by atoms with E-state index in [2.05, 4.69) is 61.1 Å². The molecule has 21 heavy (non-hydrogen) atoms. The molecular weight excluding hydrogens is 326 g/mol. The standard InChI is InChI=1S/C18H28BrNO/c1-13-10-15(19)11-14(12-20-18(2,3)4)17(13)21-16-8-6-5-7-9-16/h10-11,16,20H,5-9,12H2,1-4H3. The first kappa shape index (κ1) is 16.8. The maximum atomic E-state index is 6.38. The van der Waals surface area contributed by atoms with Gasteiger partial charge in [-0.2, -0.15) is 0 Å². The molecule has 1 fully saturated rings. The van der Waals surface area contributed by atoms with Crippen molar-refractivity contribution in [3.05, 3.63) is 27.7 Å². The Bertz CT molecular complexity index is 473. The van der Waals surface area contributed by atoms with Crippen molar-refractivity contribution in [2.45, 2.75) is 78.0 Å². The van der Waals surface area contributed by atoms with E-state index in [1.54, 1.807) is 0 Å². The molecule has 1 aromatic rings. The zero-order valence-electron chi connectivity index (χ0n) is 13.8. The third kappa shape index (κ3) is 5.30. The molecule has 118 valence electrons. The van der Waals surface area contributed by atoms with Gasteiger partial charge in [-0.25, -0.2) is 0 Å². The van der Waals surface area contributed by atoms with E-state index in [0.717, 1.165) is 16.8 Å². The Morgan fingerprint density at radius 2 is 1.86 bits per heavy atom. The van der Waals surface area contributed by atoms with Gasteiger partial charge < -0.3 is 10.1 Å². The van der Waals surface area contributed by atoms with Gasteiger partial charge in [0.25, 0.3) is 0 Å². The van der Waals surface area contributed by atoms with Crippen LogP contribution in [0.4, 0.5) is 0 Å². The van der Waals surface area contributed by atoms with Crippen LogP contribution in [-0.2, 0) is 6.54 Å². The zero-order chi connectivity index (χ0) is 15.5. The summed E-state index contributed by atoms with van der Waals surface area (Å²) < 4.78 is 7.50. The van der Waals surface area contributed by atoms with E-state index >= 15 is 0 Å². The average Bonchev–Trinajstić information content (AvgIpc) is 2.40. The Hall–Kier alpha value is -0.540. The number of rotatable bonds is 4. The summed E-state index contributed by atoms with van der Waals surface area (Å²) in [4.78, 5) is 0. The molecule has 0 radical (unpaired) electrons. The van der Waals surface area contributed by atoms with E-state index in [9.17, 15) is 0 Å². The lowest BCUT2D eigenvalue weighted by Gasteiger charge is -2.27. The van der Waals surface area contributed by atoms with Crippen LogP contribution in [0.2, 0.25) is 0 Å². The van der Waals surface area contributed by atoms with Crippen LogP contribution in [0.1, 0.15) is 64.0 Å². The lowest BCUT2D eigenvalue weighted by Crippen LogP contribution is -2.35. The van der Waals surface area contributed by atoms with Gasteiger partial charge in [-0.1, -0.05) is 22.4 Å². The minimum atomic E-state index is 0.109. The third-order valence-corrected chi connectivity index (χ3v) is 4.42. The van der Waals surface area contributed by atoms with E-state index in [1.807, 2.05) is 0 Å². The molecule has 0 saturated heterocycles. The summed E-state index contributed by atoms with van der Waals surface area (Å²) in [5.74, 6) is 1.09. The highest BCUT2D eigenvalue weighted by Crippen LogP contribution is 2.32. The third-order valence-electron chi connectivity index (χ3n) is 3.96. The molecule has 0 atom stereocenters. The summed E-state index contributed by atoms with van der Waals surface area (Å²) in [6.45, 7) is 9.56. The second kappa shape index (κ2) is 7.15. The minimum Gasteiger partial charge on any atom is -0.490 e. The smallest absolute Gasteiger partial charge is 0.127 e. The molecule has 0 unspecified atom stereocenters. The van der Waals surface area contributed by atoms with Crippen molar-refractivity contribution in [1.82, 2.24) is 5.32 Å². The van der Waals surface area contributed by atoms with Crippen molar-refractivity contribution in [2.75, 3.05) is 0 Å². The van der Waals surface area contributed by atoms with E-state index in [0.29, 0.717) is 6.10 Å². The zero-order valence-corrected chi connectivity index (χ0v) is 15.3. The first-order chi connectivity index (χ1) is 9.85. The Morgan fingerprint density at radius 1 is 1.19 bits per heavy atom. The fraction of sp³-hybridized carbons (Fsp3) is 0.667. The van der Waals surface area contributed by atoms with E-state index in [1.165, 1.54) is 43.2 Å². The predicted molar refractivity (Wildman–Crippen MR) is 93.0 cm³/mol. The predicted octanol–water partition coefficient (Wildman–Crippen LogP) is 5.36. The molecule has 2 nitrogen and oxygen atoms in total. The molecule has 0 amide bonds. The maximum Gasteiger partial charge on any atom is 0.127 e. The molecule has 0 aliphatic heterocycles. The van der Waals surface area contributed by atoms with Gasteiger partial charge in [0.1, 0.15) is 5.75 Å². The van der Waals surface area contributed by atoms with Crippen LogP contribution in [0.25, 0.3) is 0 Å². The molecule has 1 aliphatic rings. The van der Waals surface area contributed by atoms with Crippen molar-refractivity contribution >= 4 is 15.9 Å². The molecule has 0 spiro atoms. The molecule has 1 aromatic carbocycles. The molecule has 1 aliphatic carbocycles. The Labute approximate surface area is 137 Å². The molecule has 1 saturated carbocycles. The van der Waals surface area contributed by atoms with Crippen LogP contribution in [0, 0.1) is 6.92 Å². The number of benzene rings is 1. The van der Waals surface area contributed by atoms with Crippen LogP contribution in [0.3, 0.4) is 0 Å². The maximum absolute atomic E-state index is 6.38. The molecule has 1 N–H and O–H groups in total. The summed E-state index contributed by atoms with van der Waals surface area (Å²) in [7, 11) is 0. The highest BCUT2D eigenvalue weighted by Gasteiger charge is 2.19. The number of nitrogens with one attached hydrogen (secondary N) is 1. The van der Waals surface area contributed by atoms with Gasteiger partial charge in [0.2, 0.25) is 0 Å². The molecule has 0 heterocycles. The second-order valence-corrected chi connectivity index (χ2v) is 8.11. The van der Waals surface area contributed by atoms with Gasteiger partial charge in [0.05, 0.1) is 6.10 Å². The Balaban J connectivity index is 2.16. The van der Waals surface area contributed by atoms with Crippen molar-refractivity contribution in [1.29, 1.82) is 0 Å². The molecule has 2 rings (SSSR count). The number of halogens is 1. The normalized spacial score (nSPS) is 17.0. The van der Waals surface area contributed by atoms with Gasteiger partial charge in [-0.15, -0.1) is 0 Å². The highest BCUT2D eigenvalue weighted by molar-refractivity contribution is 9.10. The lowest BCUT2D eigenvalue weighted by molar-refractivity contribution is 0.152. The number of aryl methyl sites for hydroxylation is 1. The van der Waals surface area contributed by atoms with Gasteiger partial charge in [-0.05, 0) is 71.1 Å². The summed E-state index contributed by atoms with van der Waals surface area (Å²) in [6, 6.07) is 4.34. The second-order valence-electron chi connectivity index (χ2n) is 7.19. The van der Waals surface area contributed by atoms with Crippen LogP contribution in [0.5, 0.6) is 5.75 Å². The van der Waals surface area contributed by atoms with Crippen molar-refractivity contribution < 1.29 is 4.74 Å². The lowest BCUT2D eigenvalue weighted by atomic mass is 9.97. The quantitative estimate of drug-likeness (QED) is 0.786. The fourth-order valence-corrected chi connectivity index (χ4v) is 3.43. The highest BCUT2D eigenvalue weighted by atomic mass is 79.9. The van der Waals surface area contributed by atoms with E-state index in [-0.39, 0.29) is 5.54 Å². The van der Waals surface area contributed by atoms with Crippen LogP contribution >= 0.6 is 15.9 Å². The number of hydrogen-bond acceptors (Lipinski definition) is 2. The molecule has 3 heteroatoms.